The van der Waals surface area contributed by atoms with E-state index < -0.39 is 0 Å². The van der Waals surface area contributed by atoms with Crippen LogP contribution in [0.5, 0.6) is 0 Å². The lowest BCUT2D eigenvalue weighted by Crippen LogP contribution is -2.26. The summed E-state index contributed by atoms with van der Waals surface area (Å²) in [7, 11) is 5.02. The van der Waals surface area contributed by atoms with Crippen molar-refractivity contribution in [1.29, 1.82) is 0 Å². The SMILES string of the molecule is CN(C)C(=O)Cn1cc(NC(=O)C2CC(=O)N(C)C2)cn1. The summed E-state index contributed by atoms with van der Waals surface area (Å²) in [6.45, 7) is 0.547. The third kappa shape index (κ3) is 3.59. The Kier molecular flexibility index (Phi) is 4.25. The highest BCUT2D eigenvalue weighted by Crippen LogP contribution is 2.18. The lowest BCUT2D eigenvalue weighted by Gasteiger charge is -2.10. The van der Waals surface area contributed by atoms with E-state index in [0.717, 1.165) is 0 Å². The van der Waals surface area contributed by atoms with Crippen molar-refractivity contribution in [2.75, 3.05) is 33.0 Å². The molecule has 1 aromatic heterocycles. The molecule has 3 amide bonds. The monoisotopic (exact) mass is 293 g/mol. The zero-order chi connectivity index (χ0) is 15.6. The van der Waals surface area contributed by atoms with E-state index in [1.165, 1.54) is 15.8 Å². The molecule has 1 fully saturated rings. The maximum Gasteiger partial charge on any atom is 0.243 e. The molecule has 1 aliphatic rings. The van der Waals surface area contributed by atoms with Gasteiger partial charge in [-0.3, -0.25) is 19.1 Å². The Hall–Kier alpha value is -2.38. The number of amides is 3. The molecule has 1 atom stereocenters. The van der Waals surface area contributed by atoms with E-state index >= 15 is 0 Å². The Bertz CT molecular complexity index is 566. The van der Waals surface area contributed by atoms with Gasteiger partial charge in [0.2, 0.25) is 17.7 Å². The molecule has 114 valence electrons. The first-order valence-corrected chi connectivity index (χ1v) is 6.64. The summed E-state index contributed by atoms with van der Waals surface area (Å²) in [4.78, 5) is 38.0. The molecular formula is C13H19N5O3. The zero-order valence-electron chi connectivity index (χ0n) is 12.4. The van der Waals surface area contributed by atoms with Gasteiger partial charge in [0.25, 0.3) is 0 Å². The minimum Gasteiger partial charge on any atom is -0.347 e. The Morgan fingerprint density at radius 2 is 2.19 bits per heavy atom. The van der Waals surface area contributed by atoms with E-state index in [9.17, 15) is 14.4 Å². The van der Waals surface area contributed by atoms with Crippen LogP contribution in [-0.2, 0) is 20.9 Å². The van der Waals surface area contributed by atoms with Crippen molar-refractivity contribution >= 4 is 23.4 Å². The second kappa shape index (κ2) is 5.94. The fourth-order valence-corrected chi connectivity index (χ4v) is 2.08. The third-order valence-corrected chi connectivity index (χ3v) is 3.41. The molecule has 2 heterocycles. The molecule has 2 rings (SSSR count). The van der Waals surface area contributed by atoms with Crippen molar-refractivity contribution in [2.24, 2.45) is 5.92 Å². The van der Waals surface area contributed by atoms with Crippen molar-refractivity contribution in [3.05, 3.63) is 12.4 Å². The van der Waals surface area contributed by atoms with Crippen molar-refractivity contribution in [1.82, 2.24) is 19.6 Å². The predicted molar refractivity (Wildman–Crippen MR) is 75.3 cm³/mol. The van der Waals surface area contributed by atoms with Crippen LogP contribution in [-0.4, -0.2) is 65.0 Å². The number of carbonyl (C=O) groups excluding carboxylic acids is 3. The summed E-state index contributed by atoms with van der Waals surface area (Å²) in [6.07, 6.45) is 3.32. The molecule has 0 aliphatic carbocycles. The van der Waals surface area contributed by atoms with Crippen LogP contribution in [0.25, 0.3) is 0 Å². The lowest BCUT2D eigenvalue weighted by atomic mass is 10.1. The highest BCUT2D eigenvalue weighted by molar-refractivity contribution is 5.97. The average molecular weight is 293 g/mol. The number of nitrogens with zero attached hydrogens (tertiary/aromatic N) is 4. The van der Waals surface area contributed by atoms with E-state index in [1.807, 2.05) is 0 Å². The van der Waals surface area contributed by atoms with Crippen LogP contribution in [0.3, 0.4) is 0 Å². The molecule has 8 nitrogen and oxygen atoms in total. The van der Waals surface area contributed by atoms with Crippen molar-refractivity contribution in [2.45, 2.75) is 13.0 Å². The molecule has 1 aliphatic heterocycles. The van der Waals surface area contributed by atoms with Crippen molar-refractivity contribution < 1.29 is 14.4 Å². The molecule has 1 N–H and O–H groups in total. The highest BCUT2D eigenvalue weighted by atomic mass is 16.2. The summed E-state index contributed by atoms with van der Waals surface area (Å²) in [5.74, 6) is -0.651. The van der Waals surface area contributed by atoms with Crippen LogP contribution in [0.4, 0.5) is 5.69 Å². The summed E-state index contributed by atoms with van der Waals surface area (Å²) in [6, 6.07) is 0. The summed E-state index contributed by atoms with van der Waals surface area (Å²) < 4.78 is 1.46. The summed E-state index contributed by atoms with van der Waals surface area (Å²) >= 11 is 0. The summed E-state index contributed by atoms with van der Waals surface area (Å²) in [5.41, 5.74) is 0.522. The number of nitrogens with one attached hydrogen (secondary N) is 1. The van der Waals surface area contributed by atoms with E-state index in [4.69, 9.17) is 0 Å². The number of likely N-dealkylation sites (tertiary alicyclic amines) is 1. The van der Waals surface area contributed by atoms with E-state index in [0.29, 0.717) is 12.2 Å². The third-order valence-electron chi connectivity index (χ3n) is 3.41. The largest absolute Gasteiger partial charge is 0.347 e. The van der Waals surface area contributed by atoms with Crippen molar-refractivity contribution in [3.8, 4) is 0 Å². The fraction of sp³-hybridized carbons (Fsp3) is 0.538. The Balaban J connectivity index is 1.92. The Morgan fingerprint density at radius 1 is 1.48 bits per heavy atom. The molecule has 0 spiro atoms. The number of likely N-dealkylation sites (N-methyl/N-ethyl adjacent to an activating group) is 1. The van der Waals surface area contributed by atoms with Gasteiger partial charge in [0.1, 0.15) is 6.54 Å². The van der Waals surface area contributed by atoms with Crippen LogP contribution in [0, 0.1) is 5.92 Å². The molecule has 1 saturated heterocycles. The molecule has 21 heavy (non-hydrogen) atoms. The smallest absolute Gasteiger partial charge is 0.243 e. The first-order valence-electron chi connectivity index (χ1n) is 6.64. The molecule has 0 radical (unpaired) electrons. The van der Waals surface area contributed by atoms with Gasteiger partial charge in [-0.05, 0) is 0 Å². The first kappa shape index (κ1) is 15.0. The number of aromatic nitrogens is 2. The first-order chi connectivity index (χ1) is 9.86. The van der Waals surface area contributed by atoms with Gasteiger partial charge < -0.3 is 15.1 Å². The molecule has 0 bridgehead atoms. The maximum absolute atomic E-state index is 12.0. The van der Waals surface area contributed by atoms with Crippen LogP contribution in [0.2, 0.25) is 0 Å². The van der Waals surface area contributed by atoms with Gasteiger partial charge in [-0.15, -0.1) is 0 Å². The number of hydrogen-bond donors (Lipinski definition) is 1. The van der Waals surface area contributed by atoms with Gasteiger partial charge in [-0.2, -0.15) is 5.10 Å². The Morgan fingerprint density at radius 3 is 2.76 bits per heavy atom. The van der Waals surface area contributed by atoms with Gasteiger partial charge in [0, 0.05) is 40.3 Å². The topological polar surface area (TPSA) is 87.5 Å². The van der Waals surface area contributed by atoms with Crippen molar-refractivity contribution in [3.63, 3.8) is 0 Å². The number of anilines is 1. The maximum atomic E-state index is 12.0. The molecule has 0 aromatic carbocycles. The standard InChI is InChI=1S/C13H19N5O3/c1-16(2)12(20)8-18-7-10(5-14-18)15-13(21)9-4-11(19)17(3)6-9/h5,7,9H,4,6,8H2,1-3H3,(H,15,21). The van der Waals surface area contributed by atoms with Crippen LogP contribution in [0.15, 0.2) is 12.4 Å². The van der Waals surface area contributed by atoms with Gasteiger partial charge in [-0.25, -0.2) is 0 Å². The van der Waals surface area contributed by atoms with Crippen LogP contribution < -0.4 is 5.32 Å². The minimum atomic E-state index is -0.339. The average Bonchev–Trinajstić information content (AvgIpc) is 2.97. The van der Waals surface area contributed by atoms with Gasteiger partial charge in [0.15, 0.2) is 0 Å². The van der Waals surface area contributed by atoms with E-state index in [-0.39, 0.29) is 36.6 Å². The van der Waals surface area contributed by atoms with Gasteiger partial charge >= 0.3 is 0 Å². The normalized spacial score (nSPS) is 18.0. The second-order valence-corrected chi connectivity index (χ2v) is 5.38. The van der Waals surface area contributed by atoms with Crippen LogP contribution >= 0.6 is 0 Å². The zero-order valence-corrected chi connectivity index (χ0v) is 12.4. The highest BCUT2D eigenvalue weighted by Gasteiger charge is 2.32. The van der Waals surface area contributed by atoms with E-state index in [1.54, 1.807) is 32.2 Å². The lowest BCUT2D eigenvalue weighted by molar-refractivity contribution is -0.129. The second-order valence-electron chi connectivity index (χ2n) is 5.38. The fourth-order valence-electron chi connectivity index (χ4n) is 2.08. The quantitative estimate of drug-likeness (QED) is 0.802. The Labute approximate surface area is 122 Å². The number of carbonyl (C=O) groups is 3. The molecule has 1 unspecified atom stereocenters. The van der Waals surface area contributed by atoms with E-state index in [2.05, 4.69) is 10.4 Å². The predicted octanol–water partition coefficient (Wildman–Crippen LogP) is -0.612. The summed E-state index contributed by atoms with van der Waals surface area (Å²) in [5, 5.41) is 6.75. The number of hydrogen-bond acceptors (Lipinski definition) is 4. The molecule has 0 saturated carbocycles. The number of rotatable bonds is 4. The molecule has 8 heteroatoms. The minimum absolute atomic E-state index is 0.0255. The molecule has 1 aromatic rings. The van der Waals surface area contributed by atoms with Gasteiger partial charge in [-0.1, -0.05) is 0 Å². The van der Waals surface area contributed by atoms with Crippen LogP contribution in [0.1, 0.15) is 6.42 Å². The van der Waals surface area contributed by atoms with Gasteiger partial charge in [0.05, 0.1) is 17.8 Å². The molecular weight excluding hydrogens is 274 g/mol.